The van der Waals surface area contributed by atoms with E-state index in [0.29, 0.717) is 13.0 Å². The molecule has 0 aliphatic carbocycles. The number of benzene rings is 1. The summed E-state index contributed by atoms with van der Waals surface area (Å²) in [5.74, 6) is -0.135. The molecular formula is C17H22N2O2. The second kappa shape index (κ2) is 7.07. The highest BCUT2D eigenvalue weighted by Crippen LogP contribution is 2.11. The fourth-order valence-corrected chi connectivity index (χ4v) is 2.39. The summed E-state index contributed by atoms with van der Waals surface area (Å²) in [5, 5.41) is 5.71. The number of carbonyl (C=O) groups is 2. The van der Waals surface area contributed by atoms with E-state index >= 15 is 0 Å². The van der Waals surface area contributed by atoms with Gasteiger partial charge in [-0.2, -0.15) is 0 Å². The van der Waals surface area contributed by atoms with Crippen molar-refractivity contribution < 1.29 is 9.59 Å². The summed E-state index contributed by atoms with van der Waals surface area (Å²) in [6.07, 6.45) is 5.44. The third kappa shape index (κ3) is 4.74. The SMILES string of the molecule is Cc1ccc(C=CC(=O)NC2CCCNC(=O)C2)cc1C. The molecule has 112 valence electrons. The summed E-state index contributed by atoms with van der Waals surface area (Å²) >= 11 is 0. The van der Waals surface area contributed by atoms with Crippen LogP contribution < -0.4 is 10.6 Å². The summed E-state index contributed by atoms with van der Waals surface area (Å²) in [6.45, 7) is 4.81. The normalized spacial score (nSPS) is 19.1. The quantitative estimate of drug-likeness (QED) is 0.836. The number of hydrogen-bond acceptors (Lipinski definition) is 2. The van der Waals surface area contributed by atoms with Gasteiger partial charge in [-0.3, -0.25) is 9.59 Å². The molecule has 0 bridgehead atoms. The van der Waals surface area contributed by atoms with Gasteiger partial charge in [-0.1, -0.05) is 18.2 Å². The first-order chi connectivity index (χ1) is 10.0. The van der Waals surface area contributed by atoms with Gasteiger partial charge in [0.25, 0.3) is 0 Å². The maximum atomic E-state index is 11.9. The van der Waals surface area contributed by atoms with Crippen LogP contribution in [0.25, 0.3) is 6.08 Å². The zero-order valence-electron chi connectivity index (χ0n) is 12.6. The predicted molar refractivity (Wildman–Crippen MR) is 83.7 cm³/mol. The Morgan fingerprint density at radius 3 is 2.90 bits per heavy atom. The van der Waals surface area contributed by atoms with E-state index in [-0.39, 0.29) is 17.9 Å². The first kappa shape index (κ1) is 15.3. The maximum absolute atomic E-state index is 11.9. The Morgan fingerprint density at radius 1 is 1.33 bits per heavy atom. The number of nitrogens with one attached hydrogen (secondary N) is 2. The first-order valence-electron chi connectivity index (χ1n) is 7.37. The van der Waals surface area contributed by atoms with Crippen LogP contribution in [0.5, 0.6) is 0 Å². The van der Waals surface area contributed by atoms with Crippen molar-refractivity contribution in [1.82, 2.24) is 10.6 Å². The zero-order chi connectivity index (χ0) is 15.2. The molecule has 2 N–H and O–H groups in total. The maximum Gasteiger partial charge on any atom is 0.244 e. The van der Waals surface area contributed by atoms with Gasteiger partial charge >= 0.3 is 0 Å². The molecule has 0 spiro atoms. The topological polar surface area (TPSA) is 58.2 Å². The van der Waals surface area contributed by atoms with Crippen LogP contribution in [0.2, 0.25) is 0 Å². The molecule has 1 aromatic carbocycles. The number of amides is 2. The van der Waals surface area contributed by atoms with Crippen molar-refractivity contribution >= 4 is 17.9 Å². The minimum Gasteiger partial charge on any atom is -0.356 e. The van der Waals surface area contributed by atoms with Crippen molar-refractivity contribution in [2.45, 2.75) is 39.2 Å². The van der Waals surface area contributed by atoms with Gasteiger partial charge in [0.2, 0.25) is 11.8 Å². The fraction of sp³-hybridized carbons (Fsp3) is 0.412. The minimum absolute atomic E-state index is 0.0101. The van der Waals surface area contributed by atoms with Gasteiger partial charge in [0.1, 0.15) is 0 Å². The van der Waals surface area contributed by atoms with Crippen molar-refractivity contribution in [3.63, 3.8) is 0 Å². The number of hydrogen-bond donors (Lipinski definition) is 2. The van der Waals surface area contributed by atoms with E-state index in [2.05, 4.69) is 30.5 Å². The standard InChI is InChI=1S/C17H22N2O2/c1-12-5-6-14(10-13(12)2)7-8-16(20)19-15-4-3-9-18-17(21)11-15/h5-8,10,15H,3-4,9,11H2,1-2H3,(H,18,21)(H,19,20). The summed E-state index contributed by atoms with van der Waals surface area (Å²) < 4.78 is 0. The Kier molecular flexibility index (Phi) is 5.14. The summed E-state index contributed by atoms with van der Waals surface area (Å²) in [4.78, 5) is 23.4. The van der Waals surface area contributed by atoms with Crippen molar-refractivity contribution in [1.29, 1.82) is 0 Å². The highest BCUT2D eigenvalue weighted by atomic mass is 16.2. The smallest absolute Gasteiger partial charge is 0.244 e. The van der Waals surface area contributed by atoms with Crippen LogP contribution in [0.1, 0.15) is 36.0 Å². The van der Waals surface area contributed by atoms with Gasteiger partial charge in [0.05, 0.1) is 0 Å². The number of aryl methyl sites for hydroxylation is 2. The Morgan fingerprint density at radius 2 is 2.14 bits per heavy atom. The Labute approximate surface area is 125 Å². The highest BCUT2D eigenvalue weighted by molar-refractivity contribution is 5.92. The minimum atomic E-state index is -0.145. The van der Waals surface area contributed by atoms with E-state index in [0.717, 1.165) is 18.4 Å². The Balaban J connectivity index is 1.92. The largest absolute Gasteiger partial charge is 0.356 e. The molecule has 0 saturated carbocycles. The summed E-state index contributed by atoms with van der Waals surface area (Å²) in [7, 11) is 0. The van der Waals surface area contributed by atoms with Crippen LogP contribution in [-0.4, -0.2) is 24.4 Å². The number of rotatable bonds is 3. The van der Waals surface area contributed by atoms with E-state index in [1.807, 2.05) is 12.1 Å². The molecule has 1 unspecified atom stereocenters. The molecule has 1 saturated heterocycles. The molecule has 1 fully saturated rings. The lowest BCUT2D eigenvalue weighted by Crippen LogP contribution is -2.35. The average Bonchev–Trinajstić information content (AvgIpc) is 2.64. The number of carbonyl (C=O) groups excluding carboxylic acids is 2. The molecule has 0 radical (unpaired) electrons. The molecule has 1 heterocycles. The Bertz CT molecular complexity index is 564. The molecule has 2 rings (SSSR count). The molecule has 1 aliphatic heterocycles. The van der Waals surface area contributed by atoms with Crippen LogP contribution in [0.15, 0.2) is 24.3 Å². The first-order valence-corrected chi connectivity index (χ1v) is 7.37. The molecule has 21 heavy (non-hydrogen) atoms. The highest BCUT2D eigenvalue weighted by Gasteiger charge is 2.18. The lowest BCUT2D eigenvalue weighted by molar-refractivity contribution is -0.121. The van der Waals surface area contributed by atoms with Crippen molar-refractivity contribution in [2.75, 3.05) is 6.54 Å². The summed E-state index contributed by atoms with van der Waals surface area (Å²) in [5.41, 5.74) is 3.45. The third-order valence-electron chi connectivity index (χ3n) is 3.79. The van der Waals surface area contributed by atoms with Crippen molar-refractivity contribution in [3.05, 3.63) is 41.0 Å². The monoisotopic (exact) mass is 286 g/mol. The molecule has 0 aromatic heterocycles. The molecule has 1 aliphatic rings. The van der Waals surface area contributed by atoms with E-state index in [4.69, 9.17) is 0 Å². The van der Waals surface area contributed by atoms with Gasteiger partial charge in [-0.15, -0.1) is 0 Å². The van der Waals surface area contributed by atoms with Crippen molar-refractivity contribution in [3.8, 4) is 0 Å². The molecular weight excluding hydrogens is 264 g/mol. The van der Waals surface area contributed by atoms with Gasteiger partial charge in [0.15, 0.2) is 0 Å². The van der Waals surface area contributed by atoms with Crippen LogP contribution in [0.3, 0.4) is 0 Å². The van der Waals surface area contributed by atoms with E-state index < -0.39 is 0 Å². The molecule has 2 amide bonds. The Hall–Kier alpha value is -2.10. The molecule has 1 aromatic rings. The molecule has 4 nitrogen and oxygen atoms in total. The lowest BCUT2D eigenvalue weighted by Gasteiger charge is -2.13. The third-order valence-corrected chi connectivity index (χ3v) is 3.79. The van der Waals surface area contributed by atoms with Crippen LogP contribution >= 0.6 is 0 Å². The fourth-order valence-electron chi connectivity index (χ4n) is 2.39. The zero-order valence-corrected chi connectivity index (χ0v) is 12.6. The molecule has 1 atom stereocenters. The second-order valence-electron chi connectivity index (χ2n) is 5.58. The van der Waals surface area contributed by atoms with Crippen LogP contribution in [-0.2, 0) is 9.59 Å². The predicted octanol–water partition coefficient (Wildman–Crippen LogP) is 2.10. The second-order valence-corrected chi connectivity index (χ2v) is 5.58. The van der Waals surface area contributed by atoms with Gasteiger partial charge < -0.3 is 10.6 Å². The van der Waals surface area contributed by atoms with E-state index in [9.17, 15) is 9.59 Å². The summed E-state index contributed by atoms with van der Waals surface area (Å²) in [6, 6.07) is 6.02. The van der Waals surface area contributed by atoms with E-state index in [1.165, 1.54) is 17.2 Å². The van der Waals surface area contributed by atoms with Gasteiger partial charge in [-0.25, -0.2) is 0 Å². The molecule has 4 heteroatoms. The van der Waals surface area contributed by atoms with Gasteiger partial charge in [0, 0.05) is 25.1 Å². The van der Waals surface area contributed by atoms with E-state index in [1.54, 1.807) is 6.08 Å². The lowest BCUT2D eigenvalue weighted by atomic mass is 10.1. The van der Waals surface area contributed by atoms with Crippen LogP contribution in [0, 0.1) is 13.8 Å². The average molecular weight is 286 g/mol. The van der Waals surface area contributed by atoms with Crippen LogP contribution in [0.4, 0.5) is 0 Å². The van der Waals surface area contributed by atoms with Crippen molar-refractivity contribution in [2.24, 2.45) is 0 Å². The van der Waals surface area contributed by atoms with Gasteiger partial charge in [-0.05, 0) is 49.5 Å².